The van der Waals surface area contributed by atoms with E-state index in [0.717, 1.165) is 11.1 Å². The molecule has 0 saturated carbocycles. The lowest BCUT2D eigenvalue weighted by molar-refractivity contribution is -0.153. The van der Waals surface area contributed by atoms with Gasteiger partial charge in [-0.3, -0.25) is 19.7 Å². The Morgan fingerprint density at radius 3 is 2.07 bits per heavy atom. The normalized spacial score (nSPS) is 11.3. The molecule has 0 aliphatic rings. The second-order valence-corrected chi connectivity index (χ2v) is 6.88. The molecular weight excluding hydrogens is 386 g/mol. The Kier molecular flexibility index (Phi) is 8.10. The van der Waals surface area contributed by atoms with Gasteiger partial charge in [0.1, 0.15) is 6.54 Å². The summed E-state index contributed by atoms with van der Waals surface area (Å²) in [7, 11) is 0. The predicted octanol–water partition coefficient (Wildman–Crippen LogP) is 2.25. The molecule has 2 rings (SSSR count). The third-order valence-electron chi connectivity index (χ3n) is 3.98. The van der Waals surface area contributed by atoms with Gasteiger partial charge in [0.25, 0.3) is 11.8 Å². The summed E-state index contributed by atoms with van der Waals surface area (Å²) in [6, 6.07) is 15.9. The minimum atomic E-state index is -1.18. The van der Waals surface area contributed by atoms with E-state index < -0.39 is 36.5 Å². The number of carbonyl (C=O) groups excluding carboxylic acids is 4. The van der Waals surface area contributed by atoms with Crippen molar-refractivity contribution in [3.05, 3.63) is 60.2 Å². The standard InChI is InChI=1S/C22H25N3O5/c1-14(2)24-22(29)25-20(27)15(3)30-19(26)13-23-21(28)18-11-9-17(10-12-18)16-7-5-4-6-8-16/h4-12,14-15H,13H2,1-3H3,(H,23,28)(H2,24,25,27,29). The highest BCUT2D eigenvalue weighted by atomic mass is 16.5. The largest absolute Gasteiger partial charge is 0.451 e. The SMILES string of the molecule is CC(C)NC(=O)NC(=O)C(C)OC(=O)CNC(=O)c1ccc(-c2ccccc2)cc1. The molecule has 3 N–H and O–H groups in total. The molecule has 2 aromatic carbocycles. The number of imide groups is 1. The molecule has 1 unspecified atom stereocenters. The molecule has 0 aromatic heterocycles. The summed E-state index contributed by atoms with van der Waals surface area (Å²) in [5.41, 5.74) is 2.38. The van der Waals surface area contributed by atoms with E-state index in [4.69, 9.17) is 4.74 Å². The van der Waals surface area contributed by atoms with Crippen molar-refractivity contribution in [2.45, 2.75) is 32.9 Å². The minimum absolute atomic E-state index is 0.146. The number of hydrogen-bond donors (Lipinski definition) is 3. The van der Waals surface area contributed by atoms with Gasteiger partial charge < -0.3 is 15.4 Å². The van der Waals surface area contributed by atoms with Crippen LogP contribution in [-0.2, 0) is 14.3 Å². The summed E-state index contributed by atoms with van der Waals surface area (Å²) in [5, 5.41) is 7.00. The van der Waals surface area contributed by atoms with Gasteiger partial charge in [0.2, 0.25) is 0 Å². The molecule has 0 aliphatic carbocycles. The summed E-state index contributed by atoms with van der Waals surface area (Å²) >= 11 is 0. The van der Waals surface area contributed by atoms with Crippen LogP contribution in [0.3, 0.4) is 0 Å². The molecule has 4 amide bonds. The van der Waals surface area contributed by atoms with E-state index in [1.807, 2.05) is 42.5 Å². The summed E-state index contributed by atoms with van der Waals surface area (Å²) in [6.07, 6.45) is -1.18. The van der Waals surface area contributed by atoms with Crippen molar-refractivity contribution in [1.82, 2.24) is 16.0 Å². The number of rotatable bonds is 7. The van der Waals surface area contributed by atoms with Crippen LogP contribution in [-0.4, -0.2) is 42.5 Å². The Hall–Kier alpha value is -3.68. The van der Waals surface area contributed by atoms with Gasteiger partial charge in [-0.25, -0.2) is 4.79 Å². The zero-order valence-electron chi connectivity index (χ0n) is 17.1. The minimum Gasteiger partial charge on any atom is -0.451 e. The predicted molar refractivity (Wildman–Crippen MR) is 112 cm³/mol. The van der Waals surface area contributed by atoms with Gasteiger partial charge in [0, 0.05) is 11.6 Å². The van der Waals surface area contributed by atoms with E-state index in [2.05, 4.69) is 16.0 Å². The van der Waals surface area contributed by atoms with Crippen LogP contribution in [0, 0.1) is 0 Å². The Labute approximate surface area is 175 Å². The smallest absolute Gasteiger partial charge is 0.326 e. The number of ether oxygens (including phenoxy) is 1. The second-order valence-electron chi connectivity index (χ2n) is 6.88. The summed E-state index contributed by atoms with van der Waals surface area (Å²) in [6.45, 7) is 4.41. The third-order valence-corrected chi connectivity index (χ3v) is 3.98. The number of urea groups is 1. The number of carbonyl (C=O) groups is 4. The molecule has 8 heteroatoms. The summed E-state index contributed by atoms with van der Waals surface area (Å²) in [4.78, 5) is 47.4. The van der Waals surface area contributed by atoms with Crippen molar-refractivity contribution in [2.75, 3.05) is 6.54 Å². The fourth-order valence-corrected chi connectivity index (χ4v) is 2.50. The molecule has 0 aliphatic heterocycles. The van der Waals surface area contributed by atoms with Crippen LogP contribution >= 0.6 is 0 Å². The number of benzene rings is 2. The van der Waals surface area contributed by atoms with E-state index >= 15 is 0 Å². The van der Waals surface area contributed by atoms with Crippen molar-refractivity contribution >= 4 is 23.8 Å². The second kappa shape index (κ2) is 10.8. The van der Waals surface area contributed by atoms with Gasteiger partial charge in [-0.2, -0.15) is 0 Å². The topological polar surface area (TPSA) is 114 Å². The molecule has 158 valence electrons. The van der Waals surface area contributed by atoms with Crippen molar-refractivity contribution in [3.8, 4) is 11.1 Å². The molecule has 8 nitrogen and oxygen atoms in total. The lowest BCUT2D eigenvalue weighted by Gasteiger charge is -2.14. The van der Waals surface area contributed by atoms with Crippen LogP contribution < -0.4 is 16.0 Å². The fourth-order valence-electron chi connectivity index (χ4n) is 2.50. The molecule has 0 fully saturated rings. The van der Waals surface area contributed by atoms with Crippen LogP contribution in [0.1, 0.15) is 31.1 Å². The van der Waals surface area contributed by atoms with Crippen molar-refractivity contribution < 1.29 is 23.9 Å². The van der Waals surface area contributed by atoms with E-state index in [1.165, 1.54) is 6.92 Å². The number of amides is 4. The first kappa shape index (κ1) is 22.6. The molecule has 1 atom stereocenters. The highest BCUT2D eigenvalue weighted by Crippen LogP contribution is 2.19. The van der Waals surface area contributed by atoms with E-state index in [1.54, 1.807) is 26.0 Å². The molecule has 0 saturated heterocycles. The average molecular weight is 411 g/mol. The molecule has 2 aromatic rings. The van der Waals surface area contributed by atoms with Crippen molar-refractivity contribution in [3.63, 3.8) is 0 Å². The van der Waals surface area contributed by atoms with Gasteiger partial charge in [0.15, 0.2) is 6.10 Å². The molecule has 0 radical (unpaired) electrons. The highest BCUT2D eigenvalue weighted by Gasteiger charge is 2.20. The van der Waals surface area contributed by atoms with Crippen LogP contribution in [0.5, 0.6) is 0 Å². The zero-order chi connectivity index (χ0) is 22.1. The van der Waals surface area contributed by atoms with Crippen molar-refractivity contribution in [2.24, 2.45) is 0 Å². The monoisotopic (exact) mass is 411 g/mol. The van der Waals surface area contributed by atoms with Gasteiger partial charge in [-0.1, -0.05) is 42.5 Å². The third kappa shape index (κ3) is 7.05. The van der Waals surface area contributed by atoms with E-state index in [0.29, 0.717) is 5.56 Å². The molecular formula is C22H25N3O5. The first-order valence-electron chi connectivity index (χ1n) is 9.50. The first-order chi connectivity index (χ1) is 14.3. The summed E-state index contributed by atoms with van der Waals surface area (Å²) in [5.74, 6) is -2.00. The van der Waals surface area contributed by atoms with Gasteiger partial charge >= 0.3 is 12.0 Å². The maximum Gasteiger partial charge on any atom is 0.326 e. The Balaban J connectivity index is 1.80. The summed E-state index contributed by atoms with van der Waals surface area (Å²) < 4.78 is 4.94. The van der Waals surface area contributed by atoms with Crippen LogP contribution in [0.15, 0.2) is 54.6 Å². The number of esters is 1. The number of hydrogen-bond acceptors (Lipinski definition) is 5. The van der Waals surface area contributed by atoms with Gasteiger partial charge in [0.05, 0.1) is 0 Å². The van der Waals surface area contributed by atoms with Crippen LogP contribution in [0.2, 0.25) is 0 Å². The van der Waals surface area contributed by atoms with E-state index in [9.17, 15) is 19.2 Å². The lowest BCUT2D eigenvalue weighted by atomic mass is 10.0. The fraction of sp³-hybridized carbons (Fsp3) is 0.273. The maximum absolute atomic E-state index is 12.2. The first-order valence-corrected chi connectivity index (χ1v) is 9.50. The maximum atomic E-state index is 12.2. The Morgan fingerprint density at radius 1 is 0.867 bits per heavy atom. The van der Waals surface area contributed by atoms with Crippen molar-refractivity contribution in [1.29, 1.82) is 0 Å². The molecule has 0 bridgehead atoms. The van der Waals surface area contributed by atoms with Crippen LogP contribution in [0.4, 0.5) is 4.79 Å². The molecule has 0 spiro atoms. The Bertz CT molecular complexity index is 895. The van der Waals surface area contributed by atoms with Crippen LogP contribution in [0.25, 0.3) is 11.1 Å². The van der Waals surface area contributed by atoms with Gasteiger partial charge in [-0.15, -0.1) is 0 Å². The van der Waals surface area contributed by atoms with Gasteiger partial charge in [-0.05, 0) is 44.0 Å². The zero-order valence-corrected chi connectivity index (χ0v) is 17.1. The highest BCUT2D eigenvalue weighted by molar-refractivity contribution is 5.98. The molecule has 30 heavy (non-hydrogen) atoms. The van der Waals surface area contributed by atoms with E-state index in [-0.39, 0.29) is 6.04 Å². The molecule has 0 heterocycles. The Morgan fingerprint density at radius 2 is 1.47 bits per heavy atom. The number of nitrogens with one attached hydrogen (secondary N) is 3. The lowest BCUT2D eigenvalue weighted by Crippen LogP contribution is -2.47. The quantitative estimate of drug-likeness (QED) is 0.605. The average Bonchev–Trinajstić information content (AvgIpc) is 2.72.